The van der Waals surface area contributed by atoms with Gasteiger partial charge in [-0.2, -0.15) is 5.10 Å². The summed E-state index contributed by atoms with van der Waals surface area (Å²) in [6, 6.07) is 17.6. The van der Waals surface area contributed by atoms with Gasteiger partial charge in [-0.25, -0.2) is 0 Å². The average molecular weight is 355 g/mol. The van der Waals surface area contributed by atoms with E-state index in [2.05, 4.69) is 26.1 Å². The number of nitrogens with one attached hydrogen (secondary N) is 2. The second-order valence-electron chi connectivity index (χ2n) is 5.92. The molecule has 0 amide bonds. The van der Waals surface area contributed by atoms with Crippen molar-refractivity contribution >= 4 is 17.2 Å². The van der Waals surface area contributed by atoms with Crippen LogP contribution in [0.2, 0.25) is 0 Å². The van der Waals surface area contributed by atoms with E-state index in [1.54, 1.807) is 12.1 Å². The van der Waals surface area contributed by atoms with Crippen LogP contribution in [0.1, 0.15) is 0 Å². The minimum Gasteiger partial charge on any atom is -0.389 e. The molecule has 8 heteroatoms. The molecule has 1 heterocycles. The summed E-state index contributed by atoms with van der Waals surface area (Å²) in [4.78, 5) is 0. The maximum Gasteiger partial charge on any atom is 0.190 e. The number of amidine groups is 1. The molecule has 0 bridgehead atoms. The summed E-state index contributed by atoms with van der Waals surface area (Å²) in [5.74, 6) is 0.163. The van der Waals surface area contributed by atoms with Crippen LogP contribution < -0.4 is 10.7 Å². The lowest BCUT2D eigenvalue weighted by Crippen LogP contribution is -2.62. The highest BCUT2D eigenvalue weighted by molar-refractivity contribution is 5.89. The SMILES string of the molecule is O[C@@H]1[C@H](O)[C@@H](/C(N=Nc2ccccc2)=N/Nc2ccccc2)NC[C@H]1O. The van der Waals surface area contributed by atoms with Gasteiger partial charge in [0.15, 0.2) is 5.84 Å². The third-order valence-electron chi connectivity index (χ3n) is 4.01. The van der Waals surface area contributed by atoms with Gasteiger partial charge < -0.3 is 20.6 Å². The summed E-state index contributed by atoms with van der Waals surface area (Å²) in [6.45, 7) is 0.105. The van der Waals surface area contributed by atoms with Crippen LogP contribution in [0, 0.1) is 0 Å². The van der Waals surface area contributed by atoms with Crippen molar-refractivity contribution in [2.24, 2.45) is 15.3 Å². The minimum atomic E-state index is -1.30. The quantitative estimate of drug-likeness (QED) is 0.245. The van der Waals surface area contributed by atoms with Crippen molar-refractivity contribution in [3.8, 4) is 0 Å². The maximum atomic E-state index is 10.3. The summed E-state index contributed by atoms with van der Waals surface area (Å²) >= 11 is 0. The average Bonchev–Trinajstić information content (AvgIpc) is 2.69. The van der Waals surface area contributed by atoms with E-state index in [4.69, 9.17) is 0 Å². The van der Waals surface area contributed by atoms with Crippen LogP contribution in [0.3, 0.4) is 0 Å². The first-order valence-electron chi connectivity index (χ1n) is 8.28. The molecule has 0 saturated carbocycles. The molecular formula is C18H21N5O3. The van der Waals surface area contributed by atoms with Crippen molar-refractivity contribution in [3.63, 3.8) is 0 Å². The Morgan fingerprint density at radius 3 is 2.27 bits per heavy atom. The fourth-order valence-electron chi connectivity index (χ4n) is 2.55. The smallest absolute Gasteiger partial charge is 0.190 e. The highest BCUT2D eigenvalue weighted by atomic mass is 16.4. The van der Waals surface area contributed by atoms with Gasteiger partial charge >= 0.3 is 0 Å². The molecule has 5 N–H and O–H groups in total. The Kier molecular flexibility index (Phi) is 6.03. The molecule has 1 aliphatic heterocycles. The van der Waals surface area contributed by atoms with Gasteiger partial charge in [0, 0.05) is 6.54 Å². The minimum absolute atomic E-state index is 0.105. The zero-order chi connectivity index (χ0) is 18.4. The second kappa shape index (κ2) is 8.63. The van der Waals surface area contributed by atoms with Crippen LogP contribution >= 0.6 is 0 Å². The van der Waals surface area contributed by atoms with E-state index >= 15 is 0 Å². The molecule has 2 aromatic rings. The maximum absolute atomic E-state index is 10.3. The van der Waals surface area contributed by atoms with Crippen LogP contribution in [0.4, 0.5) is 11.4 Å². The number of para-hydroxylation sites is 1. The highest BCUT2D eigenvalue weighted by Crippen LogP contribution is 2.16. The monoisotopic (exact) mass is 355 g/mol. The molecular weight excluding hydrogens is 334 g/mol. The van der Waals surface area contributed by atoms with Gasteiger partial charge in [-0.05, 0) is 24.3 Å². The summed E-state index contributed by atoms with van der Waals surface area (Å²) in [5.41, 5.74) is 4.24. The van der Waals surface area contributed by atoms with E-state index in [1.807, 2.05) is 48.5 Å². The molecule has 0 aromatic heterocycles. The number of hydrogen-bond acceptors (Lipinski definition) is 7. The van der Waals surface area contributed by atoms with Crippen molar-refractivity contribution in [2.45, 2.75) is 24.4 Å². The van der Waals surface area contributed by atoms with Crippen LogP contribution in [0.5, 0.6) is 0 Å². The zero-order valence-electron chi connectivity index (χ0n) is 14.0. The zero-order valence-corrected chi connectivity index (χ0v) is 14.0. The number of β-amino-alcohol motifs (C(OH)–C–C–N with tert-alkyl or cyclic N) is 1. The normalized spacial score (nSPS) is 26.8. The van der Waals surface area contributed by atoms with Crippen LogP contribution in [0.25, 0.3) is 0 Å². The first kappa shape index (κ1) is 18.2. The van der Waals surface area contributed by atoms with Gasteiger partial charge in [-0.15, -0.1) is 10.2 Å². The molecule has 4 atom stereocenters. The van der Waals surface area contributed by atoms with Gasteiger partial charge in [-0.1, -0.05) is 36.4 Å². The van der Waals surface area contributed by atoms with E-state index < -0.39 is 24.4 Å². The number of rotatable bonds is 4. The molecule has 1 saturated heterocycles. The molecule has 2 aromatic carbocycles. The van der Waals surface area contributed by atoms with Gasteiger partial charge in [0.2, 0.25) is 0 Å². The molecule has 0 spiro atoms. The van der Waals surface area contributed by atoms with Crippen molar-refractivity contribution in [1.29, 1.82) is 0 Å². The van der Waals surface area contributed by atoms with Crippen LogP contribution in [-0.4, -0.2) is 52.1 Å². The van der Waals surface area contributed by atoms with E-state index in [-0.39, 0.29) is 12.4 Å². The summed E-state index contributed by atoms with van der Waals surface area (Å²) < 4.78 is 0. The lowest BCUT2D eigenvalue weighted by Gasteiger charge is -2.35. The predicted octanol–water partition coefficient (Wildman–Crippen LogP) is 1.25. The Morgan fingerprint density at radius 1 is 0.923 bits per heavy atom. The number of benzene rings is 2. The van der Waals surface area contributed by atoms with E-state index in [9.17, 15) is 15.3 Å². The molecule has 0 aliphatic carbocycles. The topological polar surface area (TPSA) is 122 Å². The number of hydrazone groups is 1. The number of anilines is 1. The summed E-state index contributed by atoms with van der Waals surface area (Å²) in [7, 11) is 0. The van der Waals surface area contributed by atoms with E-state index in [1.165, 1.54) is 0 Å². The third-order valence-corrected chi connectivity index (χ3v) is 4.01. The van der Waals surface area contributed by atoms with Gasteiger partial charge in [-0.3, -0.25) is 5.43 Å². The summed E-state index contributed by atoms with van der Waals surface area (Å²) in [6.07, 6.45) is -3.63. The van der Waals surface area contributed by atoms with Crippen molar-refractivity contribution in [3.05, 3.63) is 60.7 Å². The molecule has 0 radical (unpaired) electrons. The largest absolute Gasteiger partial charge is 0.389 e. The fraction of sp³-hybridized carbons (Fsp3) is 0.278. The second-order valence-corrected chi connectivity index (χ2v) is 5.92. The molecule has 0 unspecified atom stereocenters. The standard InChI is InChI=1S/C18H21N5O3/c24-14-11-19-15(17(26)16(14)25)18(22-20-12-7-3-1-4-8-12)23-21-13-9-5-2-6-10-13/h1-10,14-17,19-20,24-26H,11H2/b22-18-,23-21?/t14-,15+,16+,17-/m1/s1. The third kappa shape index (κ3) is 4.50. The number of hydrogen-bond donors (Lipinski definition) is 5. The first-order valence-corrected chi connectivity index (χ1v) is 8.28. The molecule has 1 aliphatic rings. The number of aliphatic hydroxyl groups excluding tert-OH is 3. The Hall–Kier alpha value is -2.65. The van der Waals surface area contributed by atoms with Gasteiger partial charge in [0.05, 0.1) is 17.5 Å². The van der Waals surface area contributed by atoms with Crippen LogP contribution in [0.15, 0.2) is 76.0 Å². The first-order chi connectivity index (χ1) is 12.6. The van der Waals surface area contributed by atoms with Crippen molar-refractivity contribution in [1.82, 2.24) is 5.32 Å². The van der Waals surface area contributed by atoms with Crippen molar-refractivity contribution < 1.29 is 15.3 Å². The number of aliphatic hydroxyl groups is 3. The number of nitrogens with zero attached hydrogens (tertiary/aromatic N) is 3. The lowest BCUT2D eigenvalue weighted by molar-refractivity contribution is -0.0839. The Bertz CT molecular complexity index is 754. The van der Waals surface area contributed by atoms with Crippen molar-refractivity contribution in [2.75, 3.05) is 12.0 Å². The summed E-state index contributed by atoms with van der Waals surface area (Å²) in [5, 5.41) is 45.4. The molecule has 26 heavy (non-hydrogen) atoms. The Labute approximate surface area is 150 Å². The van der Waals surface area contributed by atoms with E-state index in [0.29, 0.717) is 5.69 Å². The number of azo groups is 1. The van der Waals surface area contributed by atoms with Crippen LogP contribution in [-0.2, 0) is 0 Å². The van der Waals surface area contributed by atoms with Gasteiger partial charge in [0.25, 0.3) is 0 Å². The van der Waals surface area contributed by atoms with Gasteiger partial charge in [0.1, 0.15) is 18.2 Å². The molecule has 1 fully saturated rings. The predicted molar refractivity (Wildman–Crippen MR) is 98.3 cm³/mol. The van der Waals surface area contributed by atoms with E-state index in [0.717, 1.165) is 5.69 Å². The molecule has 3 rings (SSSR count). The highest BCUT2D eigenvalue weighted by Gasteiger charge is 2.39. The Balaban J connectivity index is 1.84. The Morgan fingerprint density at radius 2 is 1.58 bits per heavy atom. The number of piperidine rings is 1. The molecule has 8 nitrogen and oxygen atoms in total. The molecule has 136 valence electrons. The fourth-order valence-corrected chi connectivity index (χ4v) is 2.55. The lowest BCUT2D eigenvalue weighted by atomic mass is 9.95.